The molecule has 0 bridgehead atoms. The monoisotopic (exact) mass is 262 g/mol. The van der Waals surface area contributed by atoms with Crippen LogP contribution in [-0.4, -0.2) is 36.5 Å². The molecule has 104 valence electrons. The van der Waals surface area contributed by atoms with Crippen LogP contribution in [0.1, 0.15) is 36.5 Å². The number of nitrogens with zero attached hydrogens (tertiary/aromatic N) is 1. The van der Waals surface area contributed by atoms with Crippen molar-refractivity contribution in [3.05, 3.63) is 29.8 Å². The first kappa shape index (κ1) is 13.9. The minimum Gasteiger partial charge on any atom is -0.497 e. The van der Waals surface area contributed by atoms with Crippen LogP contribution in [-0.2, 0) is 0 Å². The maximum absolute atomic E-state index is 12.7. The summed E-state index contributed by atoms with van der Waals surface area (Å²) in [6.45, 7) is 2.62. The van der Waals surface area contributed by atoms with Gasteiger partial charge in [-0.2, -0.15) is 0 Å². The number of likely N-dealkylation sites (tertiary alicyclic amines) is 1. The van der Waals surface area contributed by atoms with Crippen LogP contribution in [0.4, 0.5) is 0 Å². The minimum absolute atomic E-state index is 0.0570. The lowest BCUT2D eigenvalue weighted by Gasteiger charge is -2.40. The van der Waals surface area contributed by atoms with Gasteiger partial charge in [0.25, 0.3) is 5.91 Å². The first-order valence-corrected chi connectivity index (χ1v) is 6.84. The first-order chi connectivity index (χ1) is 9.17. The number of methoxy groups -OCH3 is 1. The highest BCUT2D eigenvalue weighted by Crippen LogP contribution is 2.25. The molecule has 0 aliphatic carbocycles. The van der Waals surface area contributed by atoms with Crippen molar-refractivity contribution in [1.82, 2.24) is 4.90 Å². The molecule has 4 heteroatoms. The Morgan fingerprint density at radius 3 is 2.95 bits per heavy atom. The van der Waals surface area contributed by atoms with Gasteiger partial charge >= 0.3 is 0 Å². The van der Waals surface area contributed by atoms with E-state index in [2.05, 4.69) is 6.92 Å². The van der Waals surface area contributed by atoms with E-state index in [1.165, 1.54) is 0 Å². The van der Waals surface area contributed by atoms with E-state index in [0.29, 0.717) is 17.9 Å². The SMILES string of the molecule is COc1cccc(C(=O)N2C(C)CCCC2CN)c1. The summed E-state index contributed by atoms with van der Waals surface area (Å²) in [5, 5.41) is 0. The Labute approximate surface area is 114 Å². The molecule has 0 radical (unpaired) electrons. The maximum atomic E-state index is 12.7. The van der Waals surface area contributed by atoms with Crippen molar-refractivity contribution in [2.45, 2.75) is 38.3 Å². The van der Waals surface area contributed by atoms with E-state index in [1.807, 2.05) is 23.1 Å². The Kier molecular flexibility index (Phi) is 4.43. The van der Waals surface area contributed by atoms with Gasteiger partial charge in [0.2, 0.25) is 0 Å². The number of rotatable bonds is 3. The fraction of sp³-hybridized carbons (Fsp3) is 0.533. The molecule has 2 N–H and O–H groups in total. The number of ether oxygens (including phenoxy) is 1. The van der Waals surface area contributed by atoms with Gasteiger partial charge in [-0.1, -0.05) is 6.07 Å². The number of benzene rings is 1. The number of piperidine rings is 1. The molecular formula is C15H22N2O2. The van der Waals surface area contributed by atoms with Crippen molar-refractivity contribution in [2.75, 3.05) is 13.7 Å². The Bertz CT molecular complexity index is 448. The maximum Gasteiger partial charge on any atom is 0.254 e. The third kappa shape index (κ3) is 2.89. The summed E-state index contributed by atoms with van der Waals surface area (Å²) >= 11 is 0. The van der Waals surface area contributed by atoms with Crippen molar-refractivity contribution in [2.24, 2.45) is 5.73 Å². The molecule has 19 heavy (non-hydrogen) atoms. The molecule has 0 aromatic heterocycles. The highest BCUT2D eigenvalue weighted by molar-refractivity contribution is 5.95. The summed E-state index contributed by atoms with van der Waals surface area (Å²) in [6, 6.07) is 7.72. The minimum atomic E-state index is 0.0570. The van der Waals surface area contributed by atoms with Gasteiger partial charge in [0.15, 0.2) is 0 Å². The van der Waals surface area contributed by atoms with Crippen LogP contribution < -0.4 is 10.5 Å². The predicted octanol–water partition coefficient (Wildman–Crippen LogP) is 2.04. The lowest BCUT2D eigenvalue weighted by molar-refractivity contribution is 0.0494. The van der Waals surface area contributed by atoms with Crippen molar-refractivity contribution >= 4 is 5.91 Å². The van der Waals surface area contributed by atoms with Crippen molar-refractivity contribution in [3.63, 3.8) is 0 Å². The molecule has 1 fully saturated rings. The highest BCUT2D eigenvalue weighted by atomic mass is 16.5. The molecule has 1 aromatic carbocycles. The molecule has 1 amide bonds. The summed E-state index contributed by atoms with van der Waals surface area (Å²) < 4.78 is 5.18. The topological polar surface area (TPSA) is 55.6 Å². The lowest BCUT2D eigenvalue weighted by Crippen LogP contribution is -2.51. The summed E-state index contributed by atoms with van der Waals surface area (Å²) in [6.07, 6.45) is 3.19. The molecule has 0 spiro atoms. The smallest absolute Gasteiger partial charge is 0.254 e. The lowest BCUT2D eigenvalue weighted by atomic mass is 9.95. The average molecular weight is 262 g/mol. The zero-order valence-corrected chi connectivity index (χ0v) is 11.6. The Balaban J connectivity index is 2.25. The van der Waals surface area contributed by atoms with Gasteiger partial charge in [-0.15, -0.1) is 0 Å². The summed E-state index contributed by atoms with van der Waals surface area (Å²) in [5.74, 6) is 0.765. The van der Waals surface area contributed by atoms with Crippen LogP contribution >= 0.6 is 0 Å². The number of hydrogen-bond acceptors (Lipinski definition) is 3. The van der Waals surface area contributed by atoms with Gasteiger partial charge in [0.1, 0.15) is 5.75 Å². The fourth-order valence-electron chi connectivity index (χ4n) is 2.79. The first-order valence-electron chi connectivity index (χ1n) is 6.84. The van der Waals surface area contributed by atoms with Crippen LogP contribution in [0.25, 0.3) is 0 Å². The molecule has 1 aliphatic heterocycles. The van der Waals surface area contributed by atoms with E-state index in [1.54, 1.807) is 13.2 Å². The van der Waals surface area contributed by atoms with Gasteiger partial charge < -0.3 is 15.4 Å². The number of amides is 1. The second-order valence-corrected chi connectivity index (χ2v) is 5.11. The second kappa shape index (κ2) is 6.06. The fourth-order valence-corrected chi connectivity index (χ4v) is 2.79. The van der Waals surface area contributed by atoms with Gasteiger partial charge in [0.05, 0.1) is 7.11 Å². The Morgan fingerprint density at radius 1 is 1.47 bits per heavy atom. The third-order valence-corrected chi connectivity index (χ3v) is 3.85. The highest BCUT2D eigenvalue weighted by Gasteiger charge is 2.31. The van der Waals surface area contributed by atoms with Gasteiger partial charge in [-0.05, 0) is 44.4 Å². The predicted molar refractivity (Wildman–Crippen MR) is 75.3 cm³/mol. The third-order valence-electron chi connectivity index (χ3n) is 3.85. The molecular weight excluding hydrogens is 240 g/mol. The summed E-state index contributed by atoms with van der Waals surface area (Å²) in [4.78, 5) is 14.6. The molecule has 1 aliphatic rings. The van der Waals surface area contributed by atoms with Crippen LogP contribution in [0.5, 0.6) is 5.75 Å². The van der Waals surface area contributed by atoms with E-state index < -0.39 is 0 Å². The number of hydrogen-bond donors (Lipinski definition) is 1. The van der Waals surface area contributed by atoms with E-state index >= 15 is 0 Å². The molecule has 2 atom stereocenters. The largest absolute Gasteiger partial charge is 0.497 e. The van der Waals surface area contributed by atoms with Crippen molar-refractivity contribution in [1.29, 1.82) is 0 Å². The molecule has 1 saturated heterocycles. The second-order valence-electron chi connectivity index (χ2n) is 5.11. The van der Waals surface area contributed by atoms with Crippen LogP contribution in [0.2, 0.25) is 0 Å². The van der Waals surface area contributed by atoms with E-state index in [4.69, 9.17) is 10.5 Å². The van der Waals surface area contributed by atoms with Crippen LogP contribution in [0.15, 0.2) is 24.3 Å². The number of nitrogens with two attached hydrogens (primary N) is 1. The molecule has 2 rings (SSSR count). The van der Waals surface area contributed by atoms with Crippen LogP contribution in [0, 0.1) is 0 Å². The van der Waals surface area contributed by atoms with Crippen molar-refractivity contribution < 1.29 is 9.53 Å². The zero-order chi connectivity index (χ0) is 13.8. The van der Waals surface area contributed by atoms with E-state index in [0.717, 1.165) is 19.3 Å². The number of carbonyl (C=O) groups excluding carboxylic acids is 1. The van der Waals surface area contributed by atoms with Gasteiger partial charge in [0, 0.05) is 24.2 Å². The molecule has 1 aromatic rings. The molecule has 4 nitrogen and oxygen atoms in total. The standard InChI is InChI=1S/C15H22N2O2/c1-11-5-3-7-13(10-16)17(11)15(18)12-6-4-8-14(9-12)19-2/h4,6,8-9,11,13H,3,5,7,10,16H2,1-2H3. The van der Waals surface area contributed by atoms with E-state index in [-0.39, 0.29) is 18.0 Å². The molecule has 2 unspecified atom stereocenters. The van der Waals surface area contributed by atoms with Crippen LogP contribution in [0.3, 0.4) is 0 Å². The normalized spacial score (nSPS) is 23.2. The quantitative estimate of drug-likeness (QED) is 0.907. The van der Waals surface area contributed by atoms with E-state index in [9.17, 15) is 4.79 Å². The average Bonchev–Trinajstić information content (AvgIpc) is 2.46. The summed E-state index contributed by atoms with van der Waals surface area (Å²) in [7, 11) is 1.61. The van der Waals surface area contributed by atoms with Crippen molar-refractivity contribution in [3.8, 4) is 5.75 Å². The Hall–Kier alpha value is -1.55. The Morgan fingerprint density at radius 2 is 2.26 bits per heavy atom. The summed E-state index contributed by atoms with van der Waals surface area (Å²) in [5.41, 5.74) is 6.48. The molecule has 1 heterocycles. The zero-order valence-electron chi connectivity index (χ0n) is 11.6. The van der Waals surface area contributed by atoms with Gasteiger partial charge in [-0.3, -0.25) is 4.79 Å². The van der Waals surface area contributed by atoms with Gasteiger partial charge in [-0.25, -0.2) is 0 Å². The molecule has 0 saturated carbocycles. The number of carbonyl (C=O) groups is 1.